The molecule has 0 fully saturated rings. The van der Waals surface area contributed by atoms with Crippen molar-refractivity contribution in [2.24, 2.45) is 0 Å². The Morgan fingerprint density at radius 3 is 2.39 bits per heavy atom. The van der Waals surface area contributed by atoms with Crippen molar-refractivity contribution in [1.29, 1.82) is 0 Å². The molecule has 0 saturated carbocycles. The van der Waals surface area contributed by atoms with E-state index >= 15 is 0 Å². The molecule has 93 valence electrons. The molecule has 0 aliphatic heterocycles. The summed E-state index contributed by atoms with van der Waals surface area (Å²) >= 11 is 0. The van der Waals surface area contributed by atoms with Gasteiger partial charge < -0.3 is 4.74 Å². The zero-order valence-corrected chi connectivity index (χ0v) is 9.37. The summed E-state index contributed by atoms with van der Waals surface area (Å²) in [6, 6.07) is 15.2. The third kappa shape index (κ3) is 3.03. The number of hydrogen-bond donors (Lipinski definition) is 0. The van der Waals surface area contributed by atoms with Crippen LogP contribution in [-0.2, 0) is 12.8 Å². The lowest BCUT2D eigenvalue weighted by Crippen LogP contribution is -2.08. The molecule has 0 unspecified atom stereocenters. The van der Waals surface area contributed by atoms with Crippen molar-refractivity contribution < 1.29 is 17.9 Å². The molecular formula is C14H10F3O. The molecule has 4 heteroatoms. The normalized spacial score (nSPS) is 11.3. The van der Waals surface area contributed by atoms with E-state index in [2.05, 4.69) is 6.07 Å². The summed E-state index contributed by atoms with van der Waals surface area (Å²) in [6.45, 7) is 0.0990. The highest BCUT2D eigenvalue weighted by Gasteiger charge is 2.34. The second kappa shape index (κ2) is 5.12. The number of halogens is 3. The van der Waals surface area contributed by atoms with Crippen LogP contribution in [-0.4, -0.2) is 0 Å². The highest BCUT2D eigenvalue weighted by molar-refractivity contribution is 5.34. The zero-order chi connectivity index (χ0) is 13.0. The van der Waals surface area contributed by atoms with E-state index in [1.807, 2.05) is 6.07 Å². The minimum atomic E-state index is -4.45. The van der Waals surface area contributed by atoms with E-state index in [4.69, 9.17) is 4.74 Å². The molecule has 0 aromatic heterocycles. The third-order valence-corrected chi connectivity index (χ3v) is 2.34. The molecule has 0 spiro atoms. The van der Waals surface area contributed by atoms with E-state index < -0.39 is 11.7 Å². The van der Waals surface area contributed by atoms with Gasteiger partial charge in [-0.3, -0.25) is 0 Å². The molecule has 1 nitrogen and oxygen atoms in total. The molecule has 0 aliphatic rings. The van der Waals surface area contributed by atoms with Gasteiger partial charge in [-0.05, 0) is 17.7 Å². The molecule has 0 atom stereocenters. The summed E-state index contributed by atoms with van der Waals surface area (Å²) in [5.41, 5.74) is -0.0598. The molecule has 0 aliphatic carbocycles. The van der Waals surface area contributed by atoms with Crippen molar-refractivity contribution in [3.05, 3.63) is 65.7 Å². The van der Waals surface area contributed by atoms with Crippen LogP contribution < -0.4 is 4.74 Å². The maximum atomic E-state index is 12.7. The highest BCUT2D eigenvalue weighted by Crippen LogP contribution is 2.35. The Hall–Kier alpha value is -1.97. The fourth-order valence-electron chi connectivity index (χ4n) is 1.50. The maximum Gasteiger partial charge on any atom is 0.420 e. The van der Waals surface area contributed by atoms with Gasteiger partial charge in [-0.15, -0.1) is 0 Å². The minimum Gasteiger partial charge on any atom is -0.488 e. The van der Waals surface area contributed by atoms with Gasteiger partial charge in [-0.2, -0.15) is 13.2 Å². The third-order valence-electron chi connectivity index (χ3n) is 2.34. The minimum absolute atomic E-state index is 0.0990. The van der Waals surface area contributed by atoms with Crippen LogP contribution in [0.5, 0.6) is 5.75 Å². The number of ether oxygens (including phenoxy) is 1. The number of benzene rings is 2. The van der Waals surface area contributed by atoms with Crippen LogP contribution in [0.4, 0.5) is 13.2 Å². The first-order valence-corrected chi connectivity index (χ1v) is 5.32. The van der Waals surface area contributed by atoms with Crippen molar-refractivity contribution >= 4 is 0 Å². The first-order valence-electron chi connectivity index (χ1n) is 5.32. The maximum absolute atomic E-state index is 12.7. The Morgan fingerprint density at radius 2 is 1.72 bits per heavy atom. The fraction of sp³-hybridized carbons (Fsp3) is 0.143. The summed E-state index contributed by atoms with van der Waals surface area (Å²) in [6.07, 6.45) is -4.45. The van der Waals surface area contributed by atoms with Crippen LogP contribution in [0.25, 0.3) is 0 Å². The number of alkyl halides is 3. The van der Waals surface area contributed by atoms with Crippen LogP contribution in [0, 0.1) is 6.07 Å². The second-order valence-electron chi connectivity index (χ2n) is 3.68. The van der Waals surface area contributed by atoms with Crippen molar-refractivity contribution in [1.82, 2.24) is 0 Å². The number of hydrogen-bond acceptors (Lipinski definition) is 1. The van der Waals surface area contributed by atoms with Gasteiger partial charge in [0.2, 0.25) is 0 Å². The Morgan fingerprint density at radius 1 is 1.00 bits per heavy atom. The smallest absolute Gasteiger partial charge is 0.420 e. The van der Waals surface area contributed by atoms with Gasteiger partial charge in [0.15, 0.2) is 0 Å². The second-order valence-corrected chi connectivity index (χ2v) is 3.68. The molecule has 2 aromatic rings. The summed E-state index contributed by atoms with van der Waals surface area (Å²) in [5.74, 6) is -0.200. The van der Waals surface area contributed by atoms with Crippen molar-refractivity contribution in [2.45, 2.75) is 12.8 Å². The van der Waals surface area contributed by atoms with Gasteiger partial charge in [0, 0.05) is 0 Å². The Bertz CT molecular complexity index is 506. The van der Waals surface area contributed by atoms with Crippen molar-refractivity contribution in [3.63, 3.8) is 0 Å². The lowest BCUT2D eigenvalue weighted by atomic mass is 10.2. The van der Waals surface area contributed by atoms with Crippen molar-refractivity contribution in [3.8, 4) is 5.75 Å². The van der Waals surface area contributed by atoms with Gasteiger partial charge in [0.1, 0.15) is 17.9 Å². The molecule has 0 saturated heterocycles. The molecule has 0 heterocycles. The summed E-state index contributed by atoms with van der Waals surface area (Å²) in [7, 11) is 0. The zero-order valence-electron chi connectivity index (χ0n) is 9.37. The van der Waals surface area contributed by atoms with Crippen LogP contribution >= 0.6 is 0 Å². The standard InChI is InChI=1S/C14H10F3O/c15-14(16,17)12-8-4-5-9-13(12)18-10-11-6-2-1-3-7-11/h1-7,9H,10H2. The average molecular weight is 251 g/mol. The van der Waals surface area contributed by atoms with E-state index in [0.717, 1.165) is 5.56 Å². The quantitative estimate of drug-likeness (QED) is 0.798. The molecule has 0 bridgehead atoms. The molecule has 0 amide bonds. The first-order chi connectivity index (χ1) is 8.57. The molecule has 2 rings (SSSR count). The molecular weight excluding hydrogens is 241 g/mol. The van der Waals surface area contributed by atoms with E-state index in [9.17, 15) is 13.2 Å². The topological polar surface area (TPSA) is 9.23 Å². The SMILES string of the molecule is FC(F)(F)c1[c]cccc1OCc1ccccc1. The van der Waals surface area contributed by atoms with Gasteiger partial charge >= 0.3 is 6.18 Å². The van der Waals surface area contributed by atoms with Crippen molar-refractivity contribution in [2.75, 3.05) is 0 Å². The average Bonchev–Trinajstić information content (AvgIpc) is 2.37. The summed E-state index contributed by atoms with van der Waals surface area (Å²) in [5, 5.41) is 0. The van der Waals surface area contributed by atoms with Gasteiger partial charge in [-0.1, -0.05) is 42.5 Å². The van der Waals surface area contributed by atoms with Crippen LogP contribution in [0.1, 0.15) is 11.1 Å². The number of rotatable bonds is 3. The summed E-state index contributed by atoms with van der Waals surface area (Å²) in [4.78, 5) is 0. The molecule has 18 heavy (non-hydrogen) atoms. The van der Waals surface area contributed by atoms with Crippen LogP contribution in [0.2, 0.25) is 0 Å². The molecule has 0 N–H and O–H groups in total. The molecule has 1 radical (unpaired) electrons. The largest absolute Gasteiger partial charge is 0.488 e. The summed E-state index contributed by atoms with van der Waals surface area (Å²) < 4.78 is 43.2. The predicted octanol–water partition coefficient (Wildman–Crippen LogP) is 4.08. The Kier molecular flexibility index (Phi) is 3.55. The van der Waals surface area contributed by atoms with E-state index in [1.165, 1.54) is 18.2 Å². The highest BCUT2D eigenvalue weighted by atomic mass is 19.4. The van der Waals surface area contributed by atoms with Crippen LogP contribution in [0.15, 0.2) is 48.5 Å². The van der Waals surface area contributed by atoms with Gasteiger partial charge in [0.25, 0.3) is 0 Å². The Balaban J connectivity index is 2.15. The van der Waals surface area contributed by atoms with Gasteiger partial charge in [-0.25, -0.2) is 0 Å². The lowest BCUT2D eigenvalue weighted by molar-refractivity contribution is -0.139. The Labute approximate surface area is 103 Å². The lowest BCUT2D eigenvalue weighted by Gasteiger charge is -2.13. The molecule has 2 aromatic carbocycles. The van der Waals surface area contributed by atoms with Crippen LogP contribution in [0.3, 0.4) is 0 Å². The van der Waals surface area contributed by atoms with E-state index in [1.54, 1.807) is 24.3 Å². The first kappa shape index (κ1) is 12.5. The monoisotopic (exact) mass is 251 g/mol. The van der Waals surface area contributed by atoms with E-state index in [0.29, 0.717) is 0 Å². The van der Waals surface area contributed by atoms with Gasteiger partial charge in [0.05, 0.1) is 0 Å². The van der Waals surface area contributed by atoms with E-state index in [-0.39, 0.29) is 12.4 Å². The fourth-order valence-corrected chi connectivity index (χ4v) is 1.50. The predicted molar refractivity (Wildman–Crippen MR) is 61.1 cm³/mol.